The van der Waals surface area contributed by atoms with Gasteiger partial charge in [-0.3, -0.25) is 4.99 Å². The van der Waals surface area contributed by atoms with Crippen LogP contribution in [0.4, 0.5) is 4.39 Å². The van der Waals surface area contributed by atoms with Crippen molar-refractivity contribution in [3.63, 3.8) is 0 Å². The molecule has 0 amide bonds. The molecule has 4 nitrogen and oxygen atoms in total. The van der Waals surface area contributed by atoms with Gasteiger partial charge in [-0.05, 0) is 51.1 Å². The second-order valence-electron chi connectivity index (χ2n) is 5.78. The van der Waals surface area contributed by atoms with E-state index in [4.69, 9.17) is 5.73 Å². The molecule has 0 aliphatic carbocycles. The molecule has 1 atom stereocenters. The molecule has 1 unspecified atom stereocenters. The molecular weight excluding hydrogens is 394 g/mol. The molecule has 1 fully saturated rings. The fourth-order valence-corrected chi connectivity index (χ4v) is 2.68. The van der Waals surface area contributed by atoms with Gasteiger partial charge in [-0.1, -0.05) is 12.1 Å². The summed E-state index contributed by atoms with van der Waals surface area (Å²) in [7, 11) is 3.95. The summed E-state index contributed by atoms with van der Waals surface area (Å²) in [6.45, 7) is 2.52. The number of halogens is 2. The lowest BCUT2D eigenvalue weighted by Crippen LogP contribution is -2.41. The standard InChI is InChI=1S/C16H25FN4.HI/c1-20(2)15(13-7-6-8-14(17)11-13)12-19-16(18)21-9-4-3-5-10-21;/h6-8,11,15H,3-5,9-10,12H2,1-2H3,(H2,18,19);1H. The van der Waals surface area contributed by atoms with Gasteiger partial charge in [0.1, 0.15) is 5.82 Å². The quantitative estimate of drug-likeness (QED) is 0.463. The number of hydrogen-bond acceptors (Lipinski definition) is 2. The highest BCUT2D eigenvalue weighted by Gasteiger charge is 2.16. The van der Waals surface area contributed by atoms with Gasteiger partial charge in [-0.25, -0.2) is 4.39 Å². The predicted octanol–water partition coefficient (Wildman–Crippen LogP) is 2.85. The Hall–Kier alpha value is -0.890. The Kier molecular flexibility index (Phi) is 8.09. The largest absolute Gasteiger partial charge is 0.370 e. The lowest BCUT2D eigenvalue weighted by molar-refractivity contribution is 0.301. The molecule has 2 rings (SSSR count). The summed E-state index contributed by atoms with van der Waals surface area (Å²) in [5.41, 5.74) is 7.01. The Morgan fingerprint density at radius 2 is 2.00 bits per heavy atom. The zero-order valence-corrected chi connectivity index (χ0v) is 15.7. The molecule has 1 aliphatic rings. The summed E-state index contributed by atoms with van der Waals surface area (Å²) in [6.07, 6.45) is 3.63. The molecule has 2 N–H and O–H groups in total. The first kappa shape index (κ1) is 19.2. The van der Waals surface area contributed by atoms with E-state index in [1.807, 2.05) is 25.1 Å². The number of benzene rings is 1. The van der Waals surface area contributed by atoms with Gasteiger partial charge in [-0.15, -0.1) is 24.0 Å². The van der Waals surface area contributed by atoms with Crippen molar-refractivity contribution in [3.05, 3.63) is 35.6 Å². The van der Waals surface area contributed by atoms with Crippen LogP contribution in [0.5, 0.6) is 0 Å². The van der Waals surface area contributed by atoms with Crippen LogP contribution < -0.4 is 5.73 Å². The van der Waals surface area contributed by atoms with Gasteiger partial charge in [0.05, 0.1) is 12.6 Å². The molecule has 124 valence electrons. The summed E-state index contributed by atoms with van der Waals surface area (Å²) in [4.78, 5) is 8.72. The van der Waals surface area contributed by atoms with Gasteiger partial charge in [0.15, 0.2) is 5.96 Å². The van der Waals surface area contributed by atoms with E-state index in [1.165, 1.54) is 25.3 Å². The summed E-state index contributed by atoms with van der Waals surface area (Å²) in [5.74, 6) is 0.394. The molecule has 1 saturated heterocycles. The van der Waals surface area contributed by atoms with E-state index in [0.717, 1.165) is 18.7 Å². The number of piperidine rings is 1. The van der Waals surface area contributed by atoms with E-state index < -0.39 is 0 Å². The minimum atomic E-state index is -0.215. The molecule has 0 saturated carbocycles. The van der Waals surface area contributed by atoms with E-state index in [-0.39, 0.29) is 35.8 Å². The first-order valence-electron chi connectivity index (χ1n) is 7.54. The Morgan fingerprint density at radius 1 is 1.32 bits per heavy atom. The summed E-state index contributed by atoms with van der Waals surface area (Å²) in [5, 5.41) is 0. The van der Waals surface area contributed by atoms with E-state index >= 15 is 0 Å². The number of likely N-dealkylation sites (N-methyl/N-ethyl adjacent to an activating group) is 1. The fourth-order valence-electron chi connectivity index (χ4n) is 2.68. The first-order valence-corrected chi connectivity index (χ1v) is 7.54. The number of guanidine groups is 1. The topological polar surface area (TPSA) is 44.9 Å². The number of rotatable bonds is 4. The van der Waals surface area contributed by atoms with Crippen molar-refractivity contribution in [1.82, 2.24) is 9.80 Å². The number of aliphatic imine (C=N–C) groups is 1. The maximum Gasteiger partial charge on any atom is 0.191 e. The number of nitrogens with two attached hydrogens (primary N) is 1. The third-order valence-corrected chi connectivity index (χ3v) is 3.96. The van der Waals surface area contributed by atoms with Crippen molar-refractivity contribution in [1.29, 1.82) is 0 Å². The van der Waals surface area contributed by atoms with E-state index in [2.05, 4.69) is 9.89 Å². The lowest BCUT2D eigenvalue weighted by Gasteiger charge is -2.28. The summed E-state index contributed by atoms with van der Waals surface area (Å²) < 4.78 is 13.4. The number of likely N-dealkylation sites (tertiary alicyclic amines) is 1. The Bertz CT molecular complexity index is 487. The third kappa shape index (κ3) is 5.39. The predicted molar refractivity (Wildman–Crippen MR) is 100 cm³/mol. The Balaban J connectivity index is 0.00000242. The fraction of sp³-hybridized carbons (Fsp3) is 0.562. The van der Waals surface area contributed by atoms with E-state index in [1.54, 1.807) is 12.1 Å². The zero-order valence-electron chi connectivity index (χ0n) is 13.3. The summed E-state index contributed by atoms with van der Waals surface area (Å²) >= 11 is 0. The normalized spacial score (nSPS) is 17.3. The zero-order chi connectivity index (χ0) is 15.2. The molecular formula is C16H26FIN4. The van der Waals surface area contributed by atoms with E-state index in [0.29, 0.717) is 12.5 Å². The van der Waals surface area contributed by atoms with Gasteiger partial charge >= 0.3 is 0 Å². The van der Waals surface area contributed by atoms with Crippen LogP contribution in [0.2, 0.25) is 0 Å². The monoisotopic (exact) mass is 420 g/mol. The van der Waals surface area contributed by atoms with Crippen molar-refractivity contribution in [2.24, 2.45) is 10.7 Å². The molecule has 6 heteroatoms. The molecule has 1 aromatic carbocycles. The SMILES string of the molecule is CN(C)C(CN=C(N)N1CCCCC1)c1cccc(F)c1.I. The van der Waals surface area contributed by atoms with Gasteiger partial charge in [0.25, 0.3) is 0 Å². The highest BCUT2D eigenvalue weighted by atomic mass is 127. The van der Waals surface area contributed by atoms with Crippen LogP contribution in [0.25, 0.3) is 0 Å². The molecule has 0 radical (unpaired) electrons. The number of hydrogen-bond donors (Lipinski definition) is 1. The molecule has 0 bridgehead atoms. The average molecular weight is 420 g/mol. The van der Waals surface area contributed by atoms with Crippen molar-refractivity contribution >= 4 is 29.9 Å². The van der Waals surface area contributed by atoms with Gasteiger partial charge < -0.3 is 15.5 Å². The van der Waals surface area contributed by atoms with Crippen LogP contribution in [0.1, 0.15) is 30.9 Å². The van der Waals surface area contributed by atoms with Crippen LogP contribution in [0.3, 0.4) is 0 Å². The van der Waals surface area contributed by atoms with Crippen LogP contribution >= 0.6 is 24.0 Å². The minimum Gasteiger partial charge on any atom is -0.370 e. The molecule has 1 aromatic rings. The average Bonchev–Trinajstić information content (AvgIpc) is 2.48. The van der Waals surface area contributed by atoms with Crippen LogP contribution in [-0.2, 0) is 0 Å². The van der Waals surface area contributed by atoms with Crippen molar-refractivity contribution < 1.29 is 4.39 Å². The van der Waals surface area contributed by atoms with Gasteiger partial charge in [0.2, 0.25) is 0 Å². The van der Waals surface area contributed by atoms with E-state index in [9.17, 15) is 4.39 Å². The summed E-state index contributed by atoms with van der Waals surface area (Å²) in [6, 6.07) is 6.72. The molecule has 1 aliphatic heterocycles. The lowest BCUT2D eigenvalue weighted by atomic mass is 10.1. The maximum absolute atomic E-state index is 13.4. The van der Waals surface area contributed by atoms with Crippen LogP contribution in [-0.4, -0.2) is 49.5 Å². The molecule has 0 aromatic heterocycles. The molecule has 1 heterocycles. The smallest absolute Gasteiger partial charge is 0.191 e. The highest BCUT2D eigenvalue weighted by molar-refractivity contribution is 14.0. The molecule has 0 spiro atoms. The van der Waals surface area contributed by atoms with Crippen molar-refractivity contribution in [3.8, 4) is 0 Å². The van der Waals surface area contributed by atoms with Crippen molar-refractivity contribution in [2.45, 2.75) is 25.3 Å². The Morgan fingerprint density at radius 3 is 2.59 bits per heavy atom. The highest BCUT2D eigenvalue weighted by Crippen LogP contribution is 2.19. The second kappa shape index (κ2) is 9.29. The van der Waals surface area contributed by atoms with Crippen LogP contribution in [0.15, 0.2) is 29.3 Å². The first-order chi connectivity index (χ1) is 10.1. The van der Waals surface area contributed by atoms with Crippen molar-refractivity contribution in [2.75, 3.05) is 33.7 Å². The third-order valence-electron chi connectivity index (χ3n) is 3.96. The van der Waals surface area contributed by atoms with Crippen LogP contribution in [0, 0.1) is 5.82 Å². The maximum atomic E-state index is 13.4. The van der Waals surface area contributed by atoms with Gasteiger partial charge in [0, 0.05) is 13.1 Å². The van der Waals surface area contributed by atoms with Gasteiger partial charge in [-0.2, -0.15) is 0 Å². The Labute approximate surface area is 149 Å². The minimum absolute atomic E-state index is 0. The second-order valence-corrected chi connectivity index (χ2v) is 5.78. The molecule has 22 heavy (non-hydrogen) atoms. The number of nitrogens with zero attached hydrogens (tertiary/aromatic N) is 3.